The molecule has 1 unspecified atom stereocenters. The van der Waals surface area contributed by atoms with Crippen molar-refractivity contribution in [2.24, 2.45) is 5.41 Å². The molecular weight excluding hydrogens is 320 g/mol. The minimum Gasteiger partial charge on any atom is -0.309 e. The monoisotopic (exact) mass is 340 g/mol. The molecule has 0 amide bonds. The highest BCUT2D eigenvalue weighted by atomic mass is 35.5. The fourth-order valence-corrected chi connectivity index (χ4v) is 5.21. The second-order valence-electron chi connectivity index (χ2n) is 6.49. The molecular formula is C16H21ClN2S2. The van der Waals surface area contributed by atoms with Crippen molar-refractivity contribution in [1.82, 2.24) is 10.3 Å². The van der Waals surface area contributed by atoms with Crippen LogP contribution in [-0.4, -0.2) is 11.5 Å². The maximum Gasteiger partial charge on any atom is 0.134 e. The Bertz CT molecular complexity index is 630. The molecule has 21 heavy (non-hydrogen) atoms. The Labute approximate surface area is 139 Å². The van der Waals surface area contributed by atoms with Crippen LogP contribution in [0.3, 0.4) is 0 Å². The van der Waals surface area contributed by atoms with Crippen molar-refractivity contribution in [3.05, 3.63) is 27.0 Å². The Morgan fingerprint density at radius 1 is 1.38 bits per heavy atom. The van der Waals surface area contributed by atoms with E-state index in [1.54, 1.807) is 11.3 Å². The zero-order chi connectivity index (χ0) is 15.0. The average molecular weight is 341 g/mol. The molecule has 0 bridgehead atoms. The van der Waals surface area contributed by atoms with E-state index in [-0.39, 0.29) is 0 Å². The van der Waals surface area contributed by atoms with Crippen molar-refractivity contribution in [3.8, 4) is 9.88 Å². The van der Waals surface area contributed by atoms with Gasteiger partial charge < -0.3 is 5.32 Å². The molecule has 0 radical (unpaired) electrons. The van der Waals surface area contributed by atoms with Crippen LogP contribution >= 0.6 is 34.3 Å². The van der Waals surface area contributed by atoms with Gasteiger partial charge in [0.15, 0.2) is 0 Å². The van der Waals surface area contributed by atoms with Crippen LogP contribution in [0, 0.1) is 5.41 Å². The summed E-state index contributed by atoms with van der Waals surface area (Å²) >= 11 is 9.52. The van der Waals surface area contributed by atoms with Gasteiger partial charge in [0.2, 0.25) is 0 Å². The smallest absolute Gasteiger partial charge is 0.134 e. The van der Waals surface area contributed by atoms with E-state index in [0.717, 1.165) is 22.3 Å². The number of halogens is 1. The molecule has 0 saturated heterocycles. The molecule has 0 saturated carbocycles. The third-order valence-corrected chi connectivity index (χ3v) is 6.48. The minimum absolute atomic E-state index is 0.316. The van der Waals surface area contributed by atoms with Gasteiger partial charge in [0.05, 0.1) is 14.9 Å². The first-order chi connectivity index (χ1) is 9.98. The van der Waals surface area contributed by atoms with Crippen molar-refractivity contribution in [3.63, 3.8) is 0 Å². The SMILES string of the molecule is CCCNC1CC(C)(C)Cc2nc(-c3ccc(Cl)s3)sc21. The van der Waals surface area contributed by atoms with Crippen molar-refractivity contribution in [1.29, 1.82) is 0 Å². The van der Waals surface area contributed by atoms with Gasteiger partial charge in [-0.05, 0) is 43.4 Å². The van der Waals surface area contributed by atoms with Crippen LogP contribution in [0.25, 0.3) is 9.88 Å². The van der Waals surface area contributed by atoms with E-state index in [0.29, 0.717) is 11.5 Å². The summed E-state index contributed by atoms with van der Waals surface area (Å²) in [6, 6.07) is 4.49. The average Bonchev–Trinajstić information content (AvgIpc) is 3.00. The second-order valence-corrected chi connectivity index (χ2v) is 9.23. The highest BCUT2D eigenvalue weighted by molar-refractivity contribution is 7.23. The fraction of sp³-hybridized carbons (Fsp3) is 0.562. The van der Waals surface area contributed by atoms with Crippen LogP contribution in [-0.2, 0) is 6.42 Å². The minimum atomic E-state index is 0.316. The third kappa shape index (κ3) is 3.34. The fourth-order valence-electron chi connectivity index (χ4n) is 2.95. The Balaban J connectivity index is 1.94. The molecule has 1 aliphatic rings. The Kier molecular flexibility index (Phi) is 4.42. The maximum atomic E-state index is 6.06. The largest absolute Gasteiger partial charge is 0.309 e. The summed E-state index contributed by atoms with van der Waals surface area (Å²) in [5.41, 5.74) is 1.60. The molecule has 0 fully saturated rings. The molecule has 2 nitrogen and oxygen atoms in total. The number of aromatic nitrogens is 1. The van der Waals surface area contributed by atoms with Crippen molar-refractivity contribution >= 4 is 34.3 Å². The zero-order valence-electron chi connectivity index (χ0n) is 12.7. The lowest BCUT2D eigenvalue weighted by Crippen LogP contribution is -2.33. The molecule has 2 aromatic heterocycles. The number of rotatable bonds is 4. The number of nitrogens with one attached hydrogen (secondary N) is 1. The highest BCUT2D eigenvalue weighted by Gasteiger charge is 2.34. The van der Waals surface area contributed by atoms with E-state index in [1.165, 1.54) is 28.3 Å². The number of nitrogens with zero attached hydrogens (tertiary/aromatic N) is 1. The summed E-state index contributed by atoms with van der Waals surface area (Å²) in [4.78, 5) is 7.54. The Morgan fingerprint density at radius 2 is 2.19 bits per heavy atom. The Morgan fingerprint density at radius 3 is 2.86 bits per heavy atom. The molecule has 1 aliphatic carbocycles. The molecule has 1 N–H and O–H groups in total. The van der Waals surface area contributed by atoms with Gasteiger partial charge in [-0.3, -0.25) is 0 Å². The zero-order valence-corrected chi connectivity index (χ0v) is 15.1. The topological polar surface area (TPSA) is 24.9 Å². The van der Waals surface area contributed by atoms with E-state index < -0.39 is 0 Å². The number of thiazole rings is 1. The van der Waals surface area contributed by atoms with Crippen molar-refractivity contribution < 1.29 is 0 Å². The summed E-state index contributed by atoms with van der Waals surface area (Å²) < 4.78 is 0.833. The lowest BCUT2D eigenvalue weighted by atomic mass is 9.76. The molecule has 2 aromatic rings. The van der Waals surface area contributed by atoms with Crippen LogP contribution in [0.1, 0.15) is 50.2 Å². The van der Waals surface area contributed by atoms with Gasteiger partial charge in [-0.15, -0.1) is 22.7 Å². The van der Waals surface area contributed by atoms with Gasteiger partial charge in [0, 0.05) is 10.9 Å². The molecule has 3 rings (SSSR count). The first-order valence-corrected chi connectivity index (χ1v) is 9.48. The normalized spacial score (nSPS) is 20.5. The number of fused-ring (bicyclic) bond motifs is 1. The first kappa shape index (κ1) is 15.5. The summed E-state index contributed by atoms with van der Waals surface area (Å²) in [5, 5.41) is 4.82. The second kappa shape index (κ2) is 5.99. The van der Waals surface area contributed by atoms with Crippen LogP contribution in [0.4, 0.5) is 0 Å². The number of hydrogen-bond acceptors (Lipinski definition) is 4. The van der Waals surface area contributed by atoms with E-state index in [4.69, 9.17) is 16.6 Å². The van der Waals surface area contributed by atoms with Crippen LogP contribution in [0.2, 0.25) is 4.34 Å². The molecule has 1 atom stereocenters. The van der Waals surface area contributed by atoms with Gasteiger partial charge in [-0.25, -0.2) is 4.98 Å². The molecule has 5 heteroatoms. The van der Waals surface area contributed by atoms with Gasteiger partial charge in [0.25, 0.3) is 0 Å². The van der Waals surface area contributed by atoms with E-state index in [1.807, 2.05) is 17.4 Å². The number of hydrogen-bond donors (Lipinski definition) is 1. The van der Waals surface area contributed by atoms with E-state index in [2.05, 4.69) is 32.2 Å². The predicted molar refractivity (Wildman–Crippen MR) is 93.6 cm³/mol. The van der Waals surface area contributed by atoms with Crippen LogP contribution in [0.15, 0.2) is 12.1 Å². The maximum absolute atomic E-state index is 6.06. The predicted octanol–water partition coefficient (Wildman–Crippen LogP) is 5.54. The van der Waals surface area contributed by atoms with Crippen LogP contribution < -0.4 is 5.32 Å². The quantitative estimate of drug-likeness (QED) is 0.790. The van der Waals surface area contributed by atoms with Gasteiger partial charge in [0.1, 0.15) is 5.01 Å². The third-order valence-electron chi connectivity index (χ3n) is 3.87. The van der Waals surface area contributed by atoms with Gasteiger partial charge in [-0.2, -0.15) is 0 Å². The lowest BCUT2D eigenvalue weighted by molar-refractivity contribution is 0.258. The van der Waals surface area contributed by atoms with Gasteiger partial charge >= 0.3 is 0 Å². The standard InChI is InChI=1S/C16H21ClN2S2/c1-4-7-18-10-8-16(2,3)9-11-14(10)21-15(19-11)12-5-6-13(17)20-12/h5-6,10,18H,4,7-9H2,1-3H3. The molecule has 0 aromatic carbocycles. The molecule has 0 aliphatic heterocycles. The van der Waals surface area contributed by atoms with Crippen LogP contribution in [0.5, 0.6) is 0 Å². The summed E-state index contributed by atoms with van der Waals surface area (Å²) in [6.07, 6.45) is 3.42. The summed E-state index contributed by atoms with van der Waals surface area (Å²) in [6.45, 7) is 7.97. The highest BCUT2D eigenvalue weighted by Crippen LogP contribution is 2.45. The van der Waals surface area contributed by atoms with Gasteiger partial charge in [-0.1, -0.05) is 32.4 Å². The Hall–Kier alpha value is -0.420. The lowest BCUT2D eigenvalue weighted by Gasteiger charge is -2.34. The molecule has 114 valence electrons. The van der Waals surface area contributed by atoms with E-state index in [9.17, 15) is 0 Å². The van der Waals surface area contributed by atoms with Crippen molar-refractivity contribution in [2.75, 3.05) is 6.54 Å². The summed E-state index contributed by atoms with van der Waals surface area (Å²) in [7, 11) is 0. The molecule has 2 heterocycles. The molecule has 0 spiro atoms. The first-order valence-electron chi connectivity index (χ1n) is 7.47. The van der Waals surface area contributed by atoms with Crippen molar-refractivity contribution in [2.45, 2.75) is 46.1 Å². The van der Waals surface area contributed by atoms with E-state index >= 15 is 0 Å². The summed E-state index contributed by atoms with van der Waals surface area (Å²) in [5.74, 6) is 0. The number of thiophene rings is 1.